The number of morpholine rings is 1. The van der Waals surface area contributed by atoms with E-state index < -0.39 is 0 Å². The van der Waals surface area contributed by atoms with Crippen LogP contribution in [0.15, 0.2) is 35.4 Å². The number of hydrazone groups is 1. The van der Waals surface area contributed by atoms with E-state index in [1.54, 1.807) is 4.90 Å². The zero-order valence-corrected chi connectivity index (χ0v) is 12.6. The lowest BCUT2D eigenvalue weighted by Gasteiger charge is -2.34. The van der Waals surface area contributed by atoms with Gasteiger partial charge in [0.15, 0.2) is 0 Å². The van der Waals surface area contributed by atoms with Gasteiger partial charge in [-0.2, -0.15) is 5.10 Å². The number of amides is 2. The molecule has 0 spiro atoms. The fraction of sp³-hybridized carbons (Fsp3) is 0.438. The first-order valence-corrected chi connectivity index (χ1v) is 7.51. The highest BCUT2D eigenvalue weighted by molar-refractivity contribution is 6.40. The van der Waals surface area contributed by atoms with E-state index in [0.717, 1.165) is 0 Å². The molecule has 2 heterocycles. The van der Waals surface area contributed by atoms with Crippen LogP contribution in [0.3, 0.4) is 0 Å². The summed E-state index contributed by atoms with van der Waals surface area (Å²) < 4.78 is 5.36. The molecule has 0 unspecified atom stereocenters. The normalized spacial score (nSPS) is 22.5. The Hall–Kier alpha value is -2.21. The van der Waals surface area contributed by atoms with Crippen LogP contribution in [-0.2, 0) is 14.3 Å². The van der Waals surface area contributed by atoms with Gasteiger partial charge in [-0.05, 0) is 19.1 Å². The van der Waals surface area contributed by atoms with Crippen molar-refractivity contribution in [2.24, 2.45) is 5.10 Å². The lowest BCUT2D eigenvalue weighted by molar-refractivity contribution is -0.131. The molecule has 0 saturated carbocycles. The Morgan fingerprint density at radius 3 is 2.77 bits per heavy atom. The topological polar surface area (TPSA) is 62.2 Å². The first kappa shape index (κ1) is 14.7. The molecule has 1 atom stereocenters. The molecule has 0 radical (unpaired) electrons. The third kappa shape index (κ3) is 2.87. The summed E-state index contributed by atoms with van der Waals surface area (Å²) in [4.78, 5) is 26.5. The highest BCUT2D eigenvalue weighted by atomic mass is 16.5. The molecule has 0 bridgehead atoms. The molecule has 1 saturated heterocycles. The summed E-state index contributed by atoms with van der Waals surface area (Å²) in [7, 11) is 0. The monoisotopic (exact) mass is 301 g/mol. The summed E-state index contributed by atoms with van der Waals surface area (Å²) in [6.07, 6.45) is 0.698. The second-order valence-corrected chi connectivity index (χ2v) is 5.51. The van der Waals surface area contributed by atoms with Crippen LogP contribution in [0.4, 0.5) is 5.69 Å². The van der Waals surface area contributed by atoms with E-state index in [4.69, 9.17) is 4.74 Å². The number of nitrogens with zero attached hydrogens (tertiary/aromatic N) is 3. The summed E-state index contributed by atoms with van der Waals surface area (Å²) in [6.45, 7) is 3.61. The summed E-state index contributed by atoms with van der Waals surface area (Å²) in [5.41, 5.74) is 1.13. The molecule has 6 nitrogen and oxygen atoms in total. The minimum atomic E-state index is -0.0933. The second-order valence-electron chi connectivity index (χ2n) is 5.51. The van der Waals surface area contributed by atoms with E-state index >= 15 is 0 Å². The molecule has 2 aliphatic heterocycles. The predicted octanol–water partition coefficient (Wildman–Crippen LogP) is 1.42. The maximum absolute atomic E-state index is 12.6. The first-order chi connectivity index (χ1) is 10.7. The number of rotatable bonds is 2. The van der Waals surface area contributed by atoms with Gasteiger partial charge in [-0.25, -0.2) is 5.01 Å². The van der Waals surface area contributed by atoms with Gasteiger partial charge >= 0.3 is 0 Å². The van der Waals surface area contributed by atoms with Gasteiger partial charge in [0.25, 0.3) is 5.91 Å². The standard InChI is InChI=1S/C16H19N3O3/c1-12-11-22-10-9-18(12)16(21)14-7-8-15(20)19(17-14)13-5-3-2-4-6-13/h2-6,12H,7-11H2,1H3/t12-/m1/s1. The summed E-state index contributed by atoms with van der Waals surface area (Å²) in [5.74, 6) is -0.179. The van der Waals surface area contributed by atoms with Crippen molar-refractivity contribution in [2.75, 3.05) is 24.8 Å². The van der Waals surface area contributed by atoms with Crippen LogP contribution < -0.4 is 5.01 Å². The molecule has 1 fully saturated rings. The highest BCUT2D eigenvalue weighted by Crippen LogP contribution is 2.21. The molecule has 3 rings (SSSR count). The fourth-order valence-electron chi connectivity index (χ4n) is 2.67. The molecular weight excluding hydrogens is 282 g/mol. The number of carbonyl (C=O) groups is 2. The summed E-state index contributed by atoms with van der Waals surface area (Å²) in [5, 5.41) is 5.65. The van der Waals surface area contributed by atoms with E-state index in [-0.39, 0.29) is 17.9 Å². The number of hydrogen-bond donors (Lipinski definition) is 0. The Morgan fingerprint density at radius 1 is 1.27 bits per heavy atom. The Balaban J connectivity index is 1.84. The van der Waals surface area contributed by atoms with Crippen molar-refractivity contribution < 1.29 is 14.3 Å². The maximum atomic E-state index is 12.6. The smallest absolute Gasteiger partial charge is 0.270 e. The SMILES string of the molecule is C[C@@H]1COCCN1C(=O)C1=NN(c2ccccc2)C(=O)CC1. The Labute approximate surface area is 129 Å². The van der Waals surface area contributed by atoms with E-state index in [0.29, 0.717) is 44.0 Å². The number of benzene rings is 1. The van der Waals surface area contributed by atoms with Crippen LogP contribution in [0.25, 0.3) is 0 Å². The van der Waals surface area contributed by atoms with Crippen molar-refractivity contribution in [2.45, 2.75) is 25.8 Å². The van der Waals surface area contributed by atoms with Crippen molar-refractivity contribution in [1.82, 2.24) is 4.90 Å². The molecule has 2 amide bonds. The molecule has 0 aromatic heterocycles. The van der Waals surface area contributed by atoms with Crippen molar-refractivity contribution in [3.63, 3.8) is 0 Å². The average molecular weight is 301 g/mol. The zero-order valence-electron chi connectivity index (χ0n) is 12.6. The van der Waals surface area contributed by atoms with Crippen molar-refractivity contribution in [3.05, 3.63) is 30.3 Å². The van der Waals surface area contributed by atoms with Gasteiger partial charge in [0, 0.05) is 19.4 Å². The fourth-order valence-corrected chi connectivity index (χ4v) is 2.67. The third-order valence-corrected chi connectivity index (χ3v) is 3.91. The number of anilines is 1. The van der Waals surface area contributed by atoms with Crippen molar-refractivity contribution in [3.8, 4) is 0 Å². The third-order valence-electron chi connectivity index (χ3n) is 3.91. The van der Waals surface area contributed by atoms with E-state index in [2.05, 4.69) is 5.10 Å². The Bertz CT molecular complexity index is 600. The van der Waals surface area contributed by atoms with Crippen LogP contribution in [0.5, 0.6) is 0 Å². The second kappa shape index (κ2) is 6.27. The van der Waals surface area contributed by atoms with Gasteiger partial charge in [-0.15, -0.1) is 0 Å². The molecule has 1 aromatic carbocycles. The number of ether oxygens (including phenoxy) is 1. The van der Waals surface area contributed by atoms with E-state index in [9.17, 15) is 9.59 Å². The van der Waals surface area contributed by atoms with Gasteiger partial charge in [-0.3, -0.25) is 9.59 Å². The lowest BCUT2D eigenvalue weighted by Crippen LogP contribution is -2.51. The predicted molar refractivity (Wildman–Crippen MR) is 82.6 cm³/mol. The van der Waals surface area contributed by atoms with Crippen molar-refractivity contribution in [1.29, 1.82) is 0 Å². The average Bonchev–Trinajstić information content (AvgIpc) is 2.56. The summed E-state index contributed by atoms with van der Waals surface area (Å²) in [6, 6.07) is 9.23. The maximum Gasteiger partial charge on any atom is 0.270 e. The molecule has 0 N–H and O–H groups in total. The number of hydrogen-bond acceptors (Lipinski definition) is 4. The molecule has 22 heavy (non-hydrogen) atoms. The van der Waals surface area contributed by atoms with E-state index in [1.807, 2.05) is 37.3 Å². The molecule has 6 heteroatoms. The summed E-state index contributed by atoms with van der Waals surface area (Å²) >= 11 is 0. The minimum absolute atomic E-state index is 0.0340. The molecular formula is C16H19N3O3. The van der Waals surface area contributed by atoms with Crippen LogP contribution in [0.1, 0.15) is 19.8 Å². The van der Waals surface area contributed by atoms with Gasteiger partial charge < -0.3 is 9.64 Å². The quantitative estimate of drug-likeness (QED) is 0.830. The molecule has 2 aliphatic rings. The van der Waals surface area contributed by atoms with Crippen LogP contribution >= 0.6 is 0 Å². The van der Waals surface area contributed by atoms with Gasteiger partial charge in [0.05, 0.1) is 24.9 Å². The molecule has 0 aliphatic carbocycles. The van der Waals surface area contributed by atoms with Gasteiger partial charge in [0.1, 0.15) is 5.71 Å². The van der Waals surface area contributed by atoms with Crippen molar-refractivity contribution >= 4 is 23.2 Å². The molecule has 116 valence electrons. The Kier molecular flexibility index (Phi) is 4.20. The van der Waals surface area contributed by atoms with Gasteiger partial charge in [-0.1, -0.05) is 18.2 Å². The van der Waals surface area contributed by atoms with Crippen LogP contribution in [-0.4, -0.2) is 48.2 Å². The van der Waals surface area contributed by atoms with Crippen LogP contribution in [0.2, 0.25) is 0 Å². The number of para-hydroxylation sites is 1. The van der Waals surface area contributed by atoms with Gasteiger partial charge in [0.2, 0.25) is 5.91 Å². The largest absolute Gasteiger partial charge is 0.377 e. The Morgan fingerprint density at radius 2 is 2.05 bits per heavy atom. The lowest BCUT2D eigenvalue weighted by atomic mass is 10.1. The van der Waals surface area contributed by atoms with E-state index in [1.165, 1.54) is 5.01 Å². The minimum Gasteiger partial charge on any atom is -0.377 e. The first-order valence-electron chi connectivity index (χ1n) is 7.51. The van der Waals surface area contributed by atoms with Crippen LogP contribution in [0, 0.1) is 0 Å². The number of carbonyl (C=O) groups excluding carboxylic acids is 2. The highest BCUT2D eigenvalue weighted by Gasteiger charge is 2.31. The zero-order chi connectivity index (χ0) is 15.5. The molecule has 1 aromatic rings.